The van der Waals surface area contributed by atoms with Crippen LogP contribution in [0.25, 0.3) is 22.4 Å². The molecule has 0 saturated carbocycles. The number of rotatable bonds is 7. The number of para-hydroxylation sites is 2. The Morgan fingerprint density at radius 1 is 1.26 bits per heavy atom. The lowest BCUT2D eigenvalue weighted by molar-refractivity contribution is -0.121. The molecule has 0 fully saturated rings. The lowest BCUT2D eigenvalue weighted by Crippen LogP contribution is -2.19. The molecule has 7 heteroatoms. The maximum atomic E-state index is 12.3. The maximum Gasteiger partial charge on any atom is 0.250 e. The monoisotopic (exact) mass is 385 g/mol. The Morgan fingerprint density at radius 2 is 2.11 bits per heavy atom. The summed E-state index contributed by atoms with van der Waals surface area (Å²) in [5.74, 6) is 0.674. The van der Waals surface area contributed by atoms with Gasteiger partial charge in [0, 0.05) is 12.0 Å². The van der Waals surface area contributed by atoms with E-state index in [0.717, 1.165) is 40.3 Å². The first-order valence-corrected chi connectivity index (χ1v) is 10.0. The molecule has 1 aromatic carbocycles. The first kappa shape index (κ1) is 18.2. The predicted molar refractivity (Wildman–Crippen MR) is 107 cm³/mol. The van der Waals surface area contributed by atoms with Gasteiger partial charge in [-0.05, 0) is 43.4 Å². The molecule has 2 aromatic heterocycles. The number of fused-ring (bicyclic) bond motifs is 2. The van der Waals surface area contributed by atoms with E-state index in [1.807, 2.05) is 24.3 Å². The molecule has 0 bridgehead atoms. The topological polar surface area (TPSA) is 76.2 Å². The summed E-state index contributed by atoms with van der Waals surface area (Å²) >= 11 is 1.67. The number of aryl methyl sites for hydroxylation is 1. The average Bonchev–Trinajstić information content (AvgIpc) is 3.25. The van der Waals surface area contributed by atoms with Crippen LogP contribution >= 0.6 is 11.3 Å². The highest BCUT2D eigenvalue weighted by Gasteiger charge is 2.24. The Hall–Kier alpha value is -2.22. The number of ether oxygens (including phenoxy) is 2. The first-order chi connectivity index (χ1) is 13.3. The van der Waals surface area contributed by atoms with Crippen LogP contribution < -0.4 is 5.32 Å². The number of anilines is 1. The quantitative estimate of drug-likeness (QED) is 0.607. The SMILES string of the molecule is COCCOCC(=O)Nc1sc2c(c1-c1nc3ccccc3[nH]1)CCCC2. The number of amides is 1. The van der Waals surface area contributed by atoms with Crippen molar-refractivity contribution in [3.63, 3.8) is 0 Å². The number of hydrogen-bond donors (Lipinski definition) is 2. The second-order valence-electron chi connectivity index (χ2n) is 6.61. The minimum atomic E-state index is -0.151. The highest BCUT2D eigenvalue weighted by molar-refractivity contribution is 7.17. The number of thiophene rings is 1. The van der Waals surface area contributed by atoms with E-state index < -0.39 is 0 Å². The van der Waals surface area contributed by atoms with Crippen molar-refractivity contribution in [1.29, 1.82) is 0 Å². The molecule has 4 rings (SSSR count). The molecule has 0 aliphatic heterocycles. The van der Waals surface area contributed by atoms with Crippen molar-refractivity contribution in [3.05, 3.63) is 34.7 Å². The van der Waals surface area contributed by atoms with Crippen LogP contribution in [0.1, 0.15) is 23.3 Å². The van der Waals surface area contributed by atoms with Gasteiger partial charge in [0.2, 0.25) is 0 Å². The first-order valence-electron chi connectivity index (χ1n) is 9.22. The molecule has 2 heterocycles. The Balaban J connectivity index is 1.63. The third kappa shape index (κ3) is 3.90. The third-order valence-electron chi connectivity index (χ3n) is 4.72. The molecule has 27 heavy (non-hydrogen) atoms. The fraction of sp³-hybridized carbons (Fsp3) is 0.400. The van der Waals surface area contributed by atoms with Gasteiger partial charge < -0.3 is 19.8 Å². The summed E-state index contributed by atoms with van der Waals surface area (Å²) in [6, 6.07) is 7.99. The Bertz CT molecular complexity index is 914. The maximum absolute atomic E-state index is 12.3. The van der Waals surface area contributed by atoms with Crippen molar-refractivity contribution in [2.45, 2.75) is 25.7 Å². The summed E-state index contributed by atoms with van der Waals surface area (Å²) in [4.78, 5) is 21.9. The summed E-state index contributed by atoms with van der Waals surface area (Å²) < 4.78 is 10.3. The highest BCUT2D eigenvalue weighted by atomic mass is 32.1. The number of H-pyrrole nitrogens is 1. The van der Waals surface area contributed by atoms with Crippen molar-refractivity contribution >= 4 is 33.3 Å². The smallest absolute Gasteiger partial charge is 0.250 e. The van der Waals surface area contributed by atoms with Gasteiger partial charge in [-0.2, -0.15) is 0 Å². The van der Waals surface area contributed by atoms with Gasteiger partial charge in [0.1, 0.15) is 17.4 Å². The lowest BCUT2D eigenvalue weighted by atomic mass is 9.95. The molecular formula is C20H23N3O3S. The van der Waals surface area contributed by atoms with Crippen molar-refractivity contribution < 1.29 is 14.3 Å². The van der Waals surface area contributed by atoms with Crippen LogP contribution in [0, 0.1) is 0 Å². The summed E-state index contributed by atoms with van der Waals surface area (Å²) in [7, 11) is 1.61. The van der Waals surface area contributed by atoms with Crippen LogP contribution in [-0.2, 0) is 27.1 Å². The summed E-state index contributed by atoms with van der Waals surface area (Å²) in [5.41, 5.74) is 4.30. The van der Waals surface area contributed by atoms with Crippen molar-refractivity contribution in [2.24, 2.45) is 0 Å². The van der Waals surface area contributed by atoms with E-state index in [1.54, 1.807) is 18.4 Å². The van der Waals surface area contributed by atoms with Gasteiger partial charge in [0.25, 0.3) is 5.91 Å². The molecule has 0 radical (unpaired) electrons. The Morgan fingerprint density at radius 3 is 2.96 bits per heavy atom. The van der Waals surface area contributed by atoms with Crippen molar-refractivity contribution in [2.75, 3.05) is 32.2 Å². The predicted octanol–water partition coefficient (Wildman–Crippen LogP) is 3.77. The van der Waals surface area contributed by atoms with Crippen LogP contribution in [0.4, 0.5) is 5.00 Å². The van der Waals surface area contributed by atoms with E-state index in [1.165, 1.54) is 23.3 Å². The molecule has 0 spiro atoms. The molecule has 0 atom stereocenters. The normalized spacial score (nSPS) is 13.7. The lowest BCUT2D eigenvalue weighted by Gasteiger charge is -2.12. The molecular weight excluding hydrogens is 362 g/mol. The highest BCUT2D eigenvalue weighted by Crippen LogP contribution is 2.43. The van der Waals surface area contributed by atoms with E-state index in [-0.39, 0.29) is 12.5 Å². The minimum Gasteiger partial charge on any atom is -0.382 e. The molecule has 1 aliphatic rings. The molecule has 142 valence electrons. The molecule has 1 aliphatic carbocycles. The van der Waals surface area contributed by atoms with E-state index >= 15 is 0 Å². The number of aromatic amines is 1. The zero-order chi connectivity index (χ0) is 18.6. The zero-order valence-electron chi connectivity index (χ0n) is 15.3. The zero-order valence-corrected chi connectivity index (χ0v) is 16.2. The fourth-order valence-electron chi connectivity index (χ4n) is 3.45. The van der Waals surface area contributed by atoms with Gasteiger partial charge in [-0.25, -0.2) is 4.98 Å². The number of benzene rings is 1. The molecule has 6 nitrogen and oxygen atoms in total. The van der Waals surface area contributed by atoms with Gasteiger partial charge in [0.05, 0.1) is 29.8 Å². The van der Waals surface area contributed by atoms with Crippen LogP contribution in [0.2, 0.25) is 0 Å². The van der Waals surface area contributed by atoms with Crippen molar-refractivity contribution in [1.82, 2.24) is 9.97 Å². The molecule has 3 aromatic rings. The molecule has 1 amide bonds. The second kappa shape index (κ2) is 8.21. The fourth-order valence-corrected chi connectivity index (χ4v) is 4.75. The van der Waals surface area contributed by atoms with Gasteiger partial charge in [-0.1, -0.05) is 12.1 Å². The molecule has 0 unspecified atom stereocenters. The van der Waals surface area contributed by atoms with E-state index in [2.05, 4.69) is 10.3 Å². The number of carbonyl (C=O) groups is 1. The largest absolute Gasteiger partial charge is 0.382 e. The van der Waals surface area contributed by atoms with Crippen LogP contribution in [0.15, 0.2) is 24.3 Å². The van der Waals surface area contributed by atoms with Gasteiger partial charge in [-0.15, -0.1) is 11.3 Å². The van der Waals surface area contributed by atoms with Crippen LogP contribution in [0.3, 0.4) is 0 Å². The van der Waals surface area contributed by atoms with Crippen molar-refractivity contribution in [3.8, 4) is 11.4 Å². The number of carbonyl (C=O) groups excluding carboxylic acids is 1. The van der Waals surface area contributed by atoms with Crippen LogP contribution in [-0.4, -0.2) is 42.8 Å². The molecule has 0 saturated heterocycles. The summed E-state index contributed by atoms with van der Waals surface area (Å²) in [6.07, 6.45) is 4.46. The van der Waals surface area contributed by atoms with Gasteiger partial charge in [-0.3, -0.25) is 4.79 Å². The number of nitrogens with one attached hydrogen (secondary N) is 2. The molecule has 2 N–H and O–H groups in total. The van der Waals surface area contributed by atoms with E-state index in [9.17, 15) is 4.79 Å². The number of methoxy groups -OCH3 is 1. The summed E-state index contributed by atoms with van der Waals surface area (Å²) in [5, 5.41) is 3.90. The average molecular weight is 385 g/mol. The van der Waals surface area contributed by atoms with Crippen LogP contribution in [0.5, 0.6) is 0 Å². The van der Waals surface area contributed by atoms with E-state index in [4.69, 9.17) is 14.5 Å². The number of imidazole rings is 1. The van der Waals surface area contributed by atoms with E-state index in [0.29, 0.717) is 13.2 Å². The Labute approximate surface area is 161 Å². The number of nitrogens with zero attached hydrogens (tertiary/aromatic N) is 1. The summed E-state index contributed by atoms with van der Waals surface area (Å²) in [6.45, 7) is 0.900. The second-order valence-corrected chi connectivity index (χ2v) is 7.72. The minimum absolute atomic E-state index is 0.0193. The third-order valence-corrected chi connectivity index (χ3v) is 5.92. The standard InChI is InChI=1S/C20H23N3O3S/c1-25-10-11-26-12-17(24)23-20-18(13-6-2-5-9-16(13)27-20)19-21-14-7-3-4-8-15(14)22-19/h3-4,7-8H,2,5-6,9-12H2,1H3,(H,21,22)(H,23,24). The number of hydrogen-bond acceptors (Lipinski definition) is 5. The Kier molecular flexibility index (Phi) is 5.52. The number of aromatic nitrogens is 2. The van der Waals surface area contributed by atoms with Gasteiger partial charge >= 0.3 is 0 Å². The van der Waals surface area contributed by atoms with Gasteiger partial charge in [0.15, 0.2) is 0 Å².